The Morgan fingerprint density at radius 2 is 1.94 bits per heavy atom. The number of rotatable bonds is 6. The second kappa shape index (κ2) is 7.56. The third kappa shape index (κ3) is 3.63. The number of aromatic hydroxyl groups is 1. The monoisotopic (exact) mass is 458 g/mol. The maximum absolute atomic E-state index is 13.6. The lowest BCUT2D eigenvalue weighted by Crippen LogP contribution is -2.46. The topological polar surface area (TPSA) is 125 Å². The van der Waals surface area contributed by atoms with E-state index in [9.17, 15) is 23.6 Å². The Bertz CT molecular complexity index is 1210. The van der Waals surface area contributed by atoms with Gasteiger partial charge >= 0.3 is 0 Å². The van der Waals surface area contributed by atoms with Gasteiger partial charge in [0.25, 0.3) is 5.69 Å². The van der Waals surface area contributed by atoms with E-state index < -0.39 is 14.9 Å². The molecule has 0 amide bonds. The number of nitrogens with zero attached hydrogens (tertiary/aromatic N) is 3. The first-order valence-corrected chi connectivity index (χ1v) is 11.8. The van der Waals surface area contributed by atoms with Gasteiger partial charge in [-0.3, -0.25) is 15.5 Å². The molecule has 1 saturated carbocycles. The van der Waals surface area contributed by atoms with Crippen molar-refractivity contribution in [3.8, 4) is 5.75 Å². The number of phenolic OH excluding ortho intramolecular Hbond substituents is 1. The molecule has 0 aromatic heterocycles. The van der Waals surface area contributed by atoms with Crippen molar-refractivity contribution in [2.24, 2.45) is 15.9 Å². The van der Waals surface area contributed by atoms with Crippen molar-refractivity contribution < 1.29 is 18.4 Å². The molecule has 2 N–H and O–H groups in total. The minimum atomic E-state index is -4.00. The SMILES string of the molecule is CC1(C)C[C@H]2C[C@@]1(C)CN2S(=O)(=O)c1cc([N+](=O)[O-])ccc1N/N=C\c1ccccc1O. The van der Waals surface area contributed by atoms with Gasteiger partial charge in [-0.1, -0.05) is 32.9 Å². The Balaban J connectivity index is 1.69. The summed E-state index contributed by atoms with van der Waals surface area (Å²) in [5, 5.41) is 25.2. The maximum Gasteiger partial charge on any atom is 0.270 e. The summed E-state index contributed by atoms with van der Waals surface area (Å²) < 4.78 is 28.7. The Morgan fingerprint density at radius 1 is 1.22 bits per heavy atom. The number of benzene rings is 2. The predicted octanol–water partition coefficient (Wildman–Crippen LogP) is 3.95. The summed E-state index contributed by atoms with van der Waals surface area (Å²) in [5.41, 5.74) is 2.82. The zero-order valence-electron chi connectivity index (χ0n) is 18.1. The van der Waals surface area contributed by atoms with Crippen molar-refractivity contribution >= 4 is 27.6 Å². The highest BCUT2D eigenvalue weighted by atomic mass is 32.2. The molecule has 9 nitrogen and oxygen atoms in total. The number of hydrogen-bond donors (Lipinski definition) is 2. The number of sulfonamides is 1. The van der Waals surface area contributed by atoms with Crippen LogP contribution in [0.15, 0.2) is 52.5 Å². The van der Waals surface area contributed by atoms with Crippen LogP contribution in [0.4, 0.5) is 11.4 Å². The average molecular weight is 459 g/mol. The van der Waals surface area contributed by atoms with Gasteiger partial charge < -0.3 is 5.11 Å². The van der Waals surface area contributed by atoms with Gasteiger partial charge in [0.1, 0.15) is 10.6 Å². The fourth-order valence-electron chi connectivity index (χ4n) is 4.77. The Morgan fingerprint density at radius 3 is 2.53 bits per heavy atom. The smallest absolute Gasteiger partial charge is 0.270 e. The number of nitro groups is 1. The van der Waals surface area contributed by atoms with Crippen LogP contribution in [-0.2, 0) is 10.0 Å². The first-order chi connectivity index (χ1) is 14.9. The third-order valence-electron chi connectivity index (χ3n) is 7.07. The molecule has 0 unspecified atom stereocenters. The van der Waals surface area contributed by atoms with E-state index in [1.165, 1.54) is 28.7 Å². The highest BCUT2D eigenvalue weighted by Crippen LogP contribution is 2.60. The van der Waals surface area contributed by atoms with Crippen LogP contribution in [0.1, 0.15) is 39.2 Å². The second-order valence-electron chi connectivity index (χ2n) is 9.42. The lowest BCUT2D eigenvalue weighted by Gasteiger charge is -2.42. The lowest BCUT2D eigenvalue weighted by atomic mass is 9.69. The summed E-state index contributed by atoms with van der Waals surface area (Å²) in [6.45, 7) is 6.79. The molecule has 2 aromatic rings. The highest BCUT2D eigenvalue weighted by Gasteiger charge is 2.60. The van der Waals surface area contributed by atoms with Crippen molar-refractivity contribution in [3.05, 3.63) is 58.1 Å². The summed E-state index contributed by atoms with van der Waals surface area (Å²) in [7, 11) is -4.00. The number of piperidine rings is 1. The molecule has 2 aliphatic rings. The van der Waals surface area contributed by atoms with E-state index in [4.69, 9.17) is 0 Å². The molecular weight excluding hydrogens is 432 g/mol. The minimum Gasteiger partial charge on any atom is -0.507 e. The number of phenols is 1. The van der Waals surface area contributed by atoms with Crippen molar-refractivity contribution in [2.75, 3.05) is 12.0 Å². The molecule has 1 saturated heterocycles. The largest absolute Gasteiger partial charge is 0.507 e. The fraction of sp³-hybridized carbons (Fsp3) is 0.409. The molecule has 1 heterocycles. The first kappa shape index (κ1) is 22.2. The van der Waals surface area contributed by atoms with Crippen LogP contribution in [0, 0.1) is 20.9 Å². The zero-order chi connectivity index (χ0) is 23.3. The van der Waals surface area contributed by atoms with Gasteiger partial charge in [-0.05, 0) is 41.9 Å². The van der Waals surface area contributed by atoms with E-state index >= 15 is 0 Å². The summed E-state index contributed by atoms with van der Waals surface area (Å²) in [6, 6.07) is 10.1. The molecule has 2 aromatic carbocycles. The standard InChI is InChI=1S/C22H26N4O5S/c1-21(2)11-17-12-22(21,3)14-25(17)32(30,31)20-10-16(26(28)29)8-9-18(20)24-23-13-15-6-4-5-7-19(15)27/h4-10,13,17,24,27H,11-12,14H2,1-3H3/b23-13-/t17-,22-/m0/s1. The van der Waals surface area contributed by atoms with E-state index in [1.807, 2.05) is 0 Å². The maximum atomic E-state index is 13.6. The van der Waals surface area contributed by atoms with Crippen LogP contribution < -0.4 is 5.43 Å². The molecule has 170 valence electrons. The number of nitrogens with one attached hydrogen (secondary N) is 1. The molecule has 0 radical (unpaired) electrons. The quantitative estimate of drug-likeness (QED) is 0.384. The lowest BCUT2D eigenvalue weighted by molar-refractivity contribution is -0.385. The second-order valence-corrected chi connectivity index (χ2v) is 11.3. The van der Waals surface area contributed by atoms with E-state index in [0.717, 1.165) is 18.9 Å². The number of fused-ring (bicyclic) bond motifs is 2. The van der Waals surface area contributed by atoms with E-state index in [0.29, 0.717) is 12.1 Å². The molecule has 0 spiro atoms. The van der Waals surface area contributed by atoms with Crippen LogP contribution in [-0.4, -0.2) is 41.6 Å². The van der Waals surface area contributed by atoms with Gasteiger partial charge in [-0.15, -0.1) is 0 Å². The molecule has 1 aliphatic carbocycles. The third-order valence-corrected chi connectivity index (χ3v) is 9.00. The van der Waals surface area contributed by atoms with E-state index in [1.54, 1.807) is 18.2 Å². The molecule has 10 heteroatoms. The van der Waals surface area contributed by atoms with Crippen LogP contribution in [0.3, 0.4) is 0 Å². The number of para-hydroxylation sites is 1. The average Bonchev–Trinajstić information content (AvgIpc) is 3.18. The van der Waals surface area contributed by atoms with Gasteiger partial charge in [-0.25, -0.2) is 8.42 Å². The van der Waals surface area contributed by atoms with Crippen LogP contribution in [0.5, 0.6) is 5.75 Å². The zero-order valence-corrected chi connectivity index (χ0v) is 19.0. The minimum absolute atomic E-state index is 0.0232. The number of anilines is 1. The summed E-state index contributed by atoms with van der Waals surface area (Å²) in [5.74, 6) is 0.0264. The molecule has 2 fully saturated rings. The van der Waals surface area contributed by atoms with Crippen molar-refractivity contribution in [2.45, 2.75) is 44.6 Å². The Kier molecular flexibility index (Phi) is 5.25. The van der Waals surface area contributed by atoms with E-state index in [-0.39, 0.29) is 38.9 Å². The molecule has 32 heavy (non-hydrogen) atoms. The highest BCUT2D eigenvalue weighted by molar-refractivity contribution is 7.89. The fourth-order valence-corrected chi connectivity index (χ4v) is 6.68. The molecule has 2 atom stereocenters. The normalized spacial score (nSPS) is 24.8. The molecular formula is C22H26N4O5S. The Hall–Kier alpha value is -2.98. The summed E-state index contributed by atoms with van der Waals surface area (Å²) in [6.07, 6.45) is 2.86. The van der Waals surface area contributed by atoms with Gasteiger partial charge in [0.2, 0.25) is 10.0 Å². The van der Waals surface area contributed by atoms with Crippen molar-refractivity contribution in [1.29, 1.82) is 0 Å². The number of nitro benzene ring substituents is 1. The number of non-ortho nitro benzene ring substituents is 1. The van der Waals surface area contributed by atoms with E-state index in [2.05, 4.69) is 31.3 Å². The molecule has 4 rings (SSSR count). The van der Waals surface area contributed by atoms with Crippen molar-refractivity contribution in [3.63, 3.8) is 0 Å². The van der Waals surface area contributed by atoms with Gasteiger partial charge in [0.05, 0.1) is 16.8 Å². The molecule has 1 aliphatic heterocycles. The van der Waals surface area contributed by atoms with Crippen LogP contribution >= 0.6 is 0 Å². The van der Waals surface area contributed by atoms with Crippen LogP contribution in [0.25, 0.3) is 0 Å². The van der Waals surface area contributed by atoms with Gasteiger partial charge in [-0.2, -0.15) is 9.41 Å². The molecule has 2 bridgehead atoms. The van der Waals surface area contributed by atoms with Gasteiger partial charge in [0.15, 0.2) is 0 Å². The van der Waals surface area contributed by atoms with Crippen molar-refractivity contribution in [1.82, 2.24) is 4.31 Å². The Labute approximate surface area is 187 Å². The van der Waals surface area contributed by atoms with Crippen LogP contribution in [0.2, 0.25) is 0 Å². The van der Waals surface area contributed by atoms with Gasteiger partial charge in [0, 0.05) is 30.3 Å². The number of hydrogen-bond acceptors (Lipinski definition) is 7. The summed E-state index contributed by atoms with van der Waals surface area (Å²) >= 11 is 0. The summed E-state index contributed by atoms with van der Waals surface area (Å²) in [4.78, 5) is 10.5. The first-order valence-electron chi connectivity index (χ1n) is 10.3. The predicted molar refractivity (Wildman–Crippen MR) is 121 cm³/mol. The number of hydrazone groups is 1.